The third kappa shape index (κ3) is 3.51. The largest absolute Gasteiger partial charge is 0.492 e. The lowest BCUT2D eigenvalue weighted by atomic mass is 10.0. The molecule has 0 saturated carbocycles. The minimum absolute atomic E-state index is 0.321. The molecule has 1 atom stereocenters. The molecule has 1 aromatic heterocycles. The highest BCUT2D eigenvalue weighted by atomic mass is 32.1. The van der Waals surface area contributed by atoms with Crippen molar-refractivity contribution in [3.05, 3.63) is 46.7 Å². The van der Waals surface area contributed by atoms with Gasteiger partial charge in [-0.1, -0.05) is 32.0 Å². The van der Waals surface area contributed by atoms with Crippen LogP contribution in [0.25, 0.3) is 0 Å². The second kappa shape index (κ2) is 6.62. The summed E-state index contributed by atoms with van der Waals surface area (Å²) in [5.74, 6) is 1.44. The molecule has 2 rings (SSSR count). The Balaban J connectivity index is 2.22. The molecule has 0 aliphatic rings. The van der Waals surface area contributed by atoms with E-state index in [0.717, 1.165) is 11.4 Å². The number of ether oxygens (including phenoxy) is 1. The molecule has 0 aliphatic carbocycles. The zero-order chi connectivity index (χ0) is 13.7. The highest BCUT2D eigenvalue weighted by Crippen LogP contribution is 2.33. The number of nitrogens with one attached hydrogen (secondary N) is 1. The Hall–Kier alpha value is -1.48. The maximum atomic E-state index is 5.68. The summed E-state index contributed by atoms with van der Waals surface area (Å²) in [5, 5.41) is 5.75. The van der Waals surface area contributed by atoms with E-state index in [4.69, 9.17) is 4.74 Å². The minimum atomic E-state index is 0.321. The number of anilines is 1. The second-order valence-electron chi connectivity index (χ2n) is 4.81. The zero-order valence-corrected chi connectivity index (χ0v) is 12.5. The van der Waals surface area contributed by atoms with Crippen molar-refractivity contribution in [2.24, 2.45) is 5.92 Å². The molecule has 0 saturated heterocycles. The molecular formula is C16H21NOS. The van der Waals surface area contributed by atoms with E-state index in [0.29, 0.717) is 18.6 Å². The zero-order valence-electron chi connectivity index (χ0n) is 11.7. The van der Waals surface area contributed by atoms with Gasteiger partial charge in [-0.2, -0.15) is 0 Å². The van der Waals surface area contributed by atoms with Crippen LogP contribution in [0.4, 0.5) is 5.69 Å². The number of thiophene rings is 1. The molecule has 0 fully saturated rings. The predicted octanol–water partition coefficient (Wildman–Crippen LogP) is 4.96. The van der Waals surface area contributed by atoms with Gasteiger partial charge in [0.15, 0.2) is 0 Å². The normalized spacial score (nSPS) is 12.4. The van der Waals surface area contributed by atoms with Crippen LogP contribution in [-0.2, 0) is 0 Å². The maximum absolute atomic E-state index is 5.68. The Kier molecular flexibility index (Phi) is 4.86. The Morgan fingerprint density at radius 1 is 1.16 bits per heavy atom. The summed E-state index contributed by atoms with van der Waals surface area (Å²) in [5.41, 5.74) is 1.07. The number of hydrogen-bond acceptors (Lipinski definition) is 3. The molecule has 0 aliphatic heterocycles. The third-order valence-corrected chi connectivity index (χ3v) is 3.97. The van der Waals surface area contributed by atoms with E-state index in [1.807, 2.05) is 25.1 Å². The van der Waals surface area contributed by atoms with Crippen LogP contribution >= 0.6 is 11.3 Å². The first kappa shape index (κ1) is 13.9. The van der Waals surface area contributed by atoms with Crippen molar-refractivity contribution in [2.45, 2.75) is 26.8 Å². The quantitative estimate of drug-likeness (QED) is 0.805. The third-order valence-electron chi connectivity index (χ3n) is 3.01. The molecule has 102 valence electrons. The van der Waals surface area contributed by atoms with Crippen molar-refractivity contribution in [3.8, 4) is 5.75 Å². The fraction of sp³-hybridized carbons (Fsp3) is 0.375. The van der Waals surface area contributed by atoms with Crippen molar-refractivity contribution in [2.75, 3.05) is 11.9 Å². The summed E-state index contributed by atoms with van der Waals surface area (Å²) in [7, 11) is 0. The van der Waals surface area contributed by atoms with Crippen LogP contribution in [0.5, 0.6) is 5.75 Å². The van der Waals surface area contributed by atoms with Crippen LogP contribution in [0.2, 0.25) is 0 Å². The van der Waals surface area contributed by atoms with Gasteiger partial charge in [-0.3, -0.25) is 0 Å². The fourth-order valence-corrected chi connectivity index (χ4v) is 3.02. The highest BCUT2D eigenvalue weighted by Gasteiger charge is 2.18. The van der Waals surface area contributed by atoms with Gasteiger partial charge in [-0.15, -0.1) is 11.3 Å². The van der Waals surface area contributed by atoms with Crippen molar-refractivity contribution in [1.82, 2.24) is 0 Å². The summed E-state index contributed by atoms with van der Waals surface area (Å²) in [6, 6.07) is 12.7. The number of rotatable bonds is 6. The Morgan fingerprint density at radius 2 is 1.95 bits per heavy atom. The molecule has 0 amide bonds. The van der Waals surface area contributed by atoms with E-state index in [9.17, 15) is 0 Å². The summed E-state index contributed by atoms with van der Waals surface area (Å²) in [6.07, 6.45) is 0. The number of para-hydroxylation sites is 2. The molecule has 0 spiro atoms. The van der Waals surface area contributed by atoms with Crippen molar-refractivity contribution in [1.29, 1.82) is 0 Å². The molecule has 19 heavy (non-hydrogen) atoms. The SMILES string of the molecule is CCOc1ccccc1NC(c1cccs1)C(C)C. The number of hydrogen-bond donors (Lipinski definition) is 1. The first-order chi connectivity index (χ1) is 9.22. The first-order valence-electron chi connectivity index (χ1n) is 6.74. The van der Waals surface area contributed by atoms with Crippen LogP contribution in [-0.4, -0.2) is 6.61 Å². The van der Waals surface area contributed by atoms with E-state index in [-0.39, 0.29) is 0 Å². The van der Waals surface area contributed by atoms with E-state index < -0.39 is 0 Å². The Bertz CT molecular complexity index is 493. The summed E-state index contributed by atoms with van der Waals surface area (Å²) < 4.78 is 5.68. The molecule has 2 aromatic rings. The summed E-state index contributed by atoms with van der Waals surface area (Å²) in [4.78, 5) is 1.36. The highest BCUT2D eigenvalue weighted by molar-refractivity contribution is 7.10. The molecule has 0 radical (unpaired) electrons. The van der Waals surface area contributed by atoms with Crippen LogP contribution in [0.3, 0.4) is 0 Å². The van der Waals surface area contributed by atoms with Gasteiger partial charge < -0.3 is 10.1 Å². The minimum Gasteiger partial charge on any atom is -0.492 e. The van der Waals surface area contributed by atoms with E-state index >= 15 is 0 Å². The van der Waals surface area contributed by atoms with Gasteiger partial charge in [-0.05, 0) is 36.4 Å². The standard InChI is InChI=1S/C16H21NOS/c1-4-18-14-9-6-5-8-13(14)17-16(12(2)3)15-10-7-11-19-15/h5-12,16-17H,4H2,1-3H3. The topological polar surface area (TPSA) is 21.3 Å². The molecule has 0 bridgehead atoms. The second-order valence-corrected chi connectivity index (χ2v) is 5.79. The molecule has 2 nitrogen and oxygen atoms in total. The van der Waals surface area contributed by atoms with Crippen molar-refractivity contribution < 1.29 is 4.74 Å². The average molecular weight is 275 g/mol. The van der Waals surface area contributed by atoms with Crippen molar-refractivity contribution in [3.63, 3.8) is 0 Å². The summed E-state index contributed by atoms with van der Waals surface area (Å²) >= 11 is 1.79. The van der Waals surface area contributed by atoms with E-state index in [2.05, 4.69) is 42.7 Å². The van der Waals surface area contributed by atoms with Gasteiger partial charge in [0, 0.05) is 4.88 Å². The average Bonchev–Trinajstić information content (AvgIpc) is 2.91. The van der Waals surface area contributed by atoms with Crippen molar-refractivity contribution >= 4 is 17.0 Å². The Morgan fingerprint density at radius 3 is 2.58 bits per heavy atom. The lowest BCUT2D eigenvalue weighted by Crippen LogP contribution is -2.16. The predicted molar refractivity (Wildman–Crippen MR) is 83.1 cm³/mol. The van der Waals surface area contributed by atoms with Gasteiger partial charge in [0.2, 0.25) is 0 Å². The lowest BCUT2D eigenvalue weighted by molar-refractivity contribution is 0.341. The van der Waals surface area contributed by atoms with Crippen LogP contribution < -0.4 is 10.1 Å². The summed E-state index contributed by atoms with van der Waals surface area (Å²) in [6.45, 7) is 7.17. The molecule has 1 N–H and O–H groups in total. The first-order valence-corrected chi connectivity index (χ1v) is 7.62. The molecular weight excluding hydrogens is 254 g/mol. The lowest BCUT2D eigenvalue weighted by Gasteiger charge is -2.24. The van der Waals surface area contributed by atoms with Gasteiger partial charge in [0.1, 0.15) is 5.75 Å². The van der Waals surface area contributed by atoms with E-state index in [1.54, 1.807) is 11.3 Å². The number of benzene rings is 1. The molecule has 1 aromatic carbocycles. The maximum Gasteiger partial charge on any atom is 0.142 e. The van der Waals surface area contributed by atoms with Gasteiger partial charge in [0.05, 0.1) is 18.3 Å². The van der Waals surface area contributed by atoms with Crippen LogP contribution in [0.1, 0.15) is 31.7 Å². The fourth-order valence-electron chi connectivity index (χ4n) is 2.07. The van der Waals surface area contributed by atoms with E-state index in [1.165, 1.54) is 4.88 Å². The van der Waals surface area contributed by atoms with Gasteiger partial charge in [-0.25, -0.2) is 0 Å². The molecule has 1 unspecified atom stereocenters. The van der Waals surface area contributed by atoms with Gasteiger partial charge in [0.25, 0.3) is 0 Å². The molecule has 1 heterocycles. The monoisotopic (exact) mass is 275 g/mol. The Labute approximate surface area is 119 Å². The molecule has 3 heteroatoms. The van der Waals surface area contributed by atoms with Crippen LogP contribution in [0, 0.1) is 5.92 Å². The van der Waals surface area contributed by atoms with Gasteiger partial charge >= 0.3 is 0 Å². The van der Waals surface area contributed by atoms with Crippen LogP contribution in [0.15, 0.2) is 41.8 Å². The smallest absolute Gasteiger partial charge is 0.142 e.